The minimum atomic E-state index is -0.747. The Labute approximate surface area is 144 Å². The van der Waals surface area contributed by atoms with Gasteiger partial charge in [-0.3, -0.25) is 9.59 Å². The number of hydrogen-bond donors (Lipinski definition) is 4. The van der Waals surface area contributed by atoms with Crippen molar-refractivity contribution >= 4 is 37.2 Å². The first-order valence-corrected chi connectivity index (χ1v) is 9.42. The first kappa shape index (κ1) is 21.6. The van der Waals surface area contributed by atoms with E-state index in [-0.39, 0.29) is 6.42 Å². The first-order valence-electron chi connectivity index (χ1n) is 8.15. The van der Waals surface area contributed by atoms with Crippen LogP contribution in [0.25, 0.3) is 0 Å². The van der Waals surface area contributed by atoms with E-state index in [0.29, 0.717) is 37.2 Å². The van der Waals surface area contributed by atoms with Crippen molar-refractivity contribution in [2.45, 2.75) is 70.6 Å². The summed E-state index contributed by atoms with van der Waals surface area (Å²) in [5.41, 5.74) is -0.632. The quantitative estimate of drug-likeness (QED) is 0.262. The molecule has 0 aliphatic rings. The molecule has 0 heterocycles. The van der Waals surface area contributed by atoms with Crippen LogP contribution in [-0.2, 0) is 9.59 Å². The maximum absolute atomic E-state index is 11.8. The Balaban J connectivity index is 4.20. The zero-order valence-electron chi connectivity index (χ0n) is 13.3. The number of rotatable bonds is 15. The average Bonchev–Trinajstić information content (AvgIpc) is 2.47. The fourth-order valence-electron chi connectivity index (χ4n) is 2.80. The first-order chi connectivity index (χ1) is 10.5. The van der Waals surface area contributed by atoms with Gasteiger partial charge in [0.1, 0.15) is 0 Å². The normalized spacial score (nSPS) is 11.5. The van der Waals surface area contributed by atoms with Crippen molar-refractivity contribution < 1.29 is 19.8 Å². The largest absolute Gasteiger partial charge is 0.481 e. The average molecular weight is 351 g/mol. The molecule has 0 saturated carbocycles. The maximum Gasteiger partial charge on any atom is 0.309 e. The molecule has 0 amide bonds. The minimum absolute atomic E-state index is 0.225. The molecule has 0 rings (SSSR count). The lowest BCUT2D eigenvalue weighted by atomic mass is 9.75. The molecule has 0 saturated heterocycles. The highest BCUT2D eigenvalue weighted by atomic mass is 32.1. The molecule has 130 valence electrons. The summed E-state index contributed by atoms with van der Waals surface area (Å²) >= 11 is 8.40. The van der Waals surface area contributed by atoms with Crippen LogP contribution in [-0.4, -0.2) is 33.7 Å². The lowest BCUT2D eigenvalue weighted by molar-refractivity contribution is -0.150. The fraction of sp³-hybridized carbons (Fsp3) is 0.875. The van der Waals surface area contributed by atoms with E-state index in [1.165, 1.54) is 0 Å². The molecule has 0 aromatic rings. The summed E-state index contributed by atoms with van der Waals surface area (Å²) in [5.74, 6) is -0.0127. The number of carboxylic acids is 2. The molecule has 6 heteroatoms. The predicted molar refractivity (Wildman–Crippen MR) is 96.2 cm³/mol. The summed E-state index contributed by atoms with van der Waals surface area (Å²) in [5, 5.41) is 18.2. The minimum Gasteiger partial charge on any atom is -0.481 e. The Morgan fingerprint density at radius 1 is 0.727 bits per heavy atom. The Kier molecular flexibility index (Phi) is 12.9. The molecular formula is C16H30O4S2. The predicted octanol–water partition coefficient (Wildman–Crippen LogP) is 4.29. The summed E-state index contributed by atoms with van der Waals surface area (Å²) in [6.45, 7) is 0. The molecule has 0 aliphatic carbocycles. The van der Waals surface area contributed by atoms with Gasteiger partial charge in [0.2, 0.25) is 0 Å². The van der Waals surface area contributed by atoms with Crippen LogP contribution in [0.2, 0.25) is 0 Å². The van der Waals surface area contributed by atoms with Crippen molar-refractivity contribution in [3.05, 3.63) is 0 Å². The van der Waals surface area contributed by atoms with Crippen LogP contribution >= 0.6 is 25.3 Å². The molecule has 4 nitrogen and oxygen atoms in total. The molecule has 0 unspecified atom stereocenters. The SMILES string of the molecule is O=C(O)CCCCCCCC(CCCS)(CCCS)C(=O)O. The number of carboxylic acid groups (broad SMARTS) is 2. The third-order valence-corrected chi connectivity index (χ3v) is 4.76. The van der Waals surface area contributed by atoms with E-state index in [1.807, 2.05) is 0 Å². The highest BCUT2D eigenvalue weighted by Gasteiger charge is 2.36. The second-order valence-corrected chi connectivity index (χ2v) is 6.80. The molecule has 0 aromatic heterocycles. The Morgan fingerprint density at radius 3 is 1.64 bits per heavy atom. The molecule has 22 heavy (non-hydrogen) atoms. The highest BCUT2D eigenvalue weighted by Crippen LogP contribution is 2.36. The van der Waals surface area contributed by atoms with Gasteiger partial charge < -0.3 is 10.2 Å². The van der Waals surface area contributed by atoms with Crippen molar-refractivity contribution in [1.82, 2.24) is 0 Å². The van der Waals surface area contributed by atoms with Crippen LogP contribution in [0, 0.1) is 5.41 Å². The van der Waals surface area contributed by atoms with E-state index in [9.17, 15) is 14.7 Å². The van der Waals surface area contributed by atoms with E-state index in [4.69, 9.17) is 5.11 Å². The fourth-order valence-corrected chi connectivity index (χ4v) is 3.12. The van der Waals surface area contributed by atoms with Crippen molar-refractivity contribution in [2.24, 2.45) is 5.41 Å². The number of carbonyl (C=O) groups is 2. The highest BCUT2D eigenvalue weighted by molar-refractivity contribution is 7.80. The summed E-state index contributed by atoms with van der Waals surface area (Å²) in [6.07, 6.45) is 8.36. The maximum atomic E-state index is 11.8. The van der Waals surface area contributed by atoms with Crippen LogP contribution in [0.5, 0.6) is 0 Å². The Bertz CT molecular complexity index is 313. The molecule has 0 fully saturated rings. The summed E-state index contributed by atoms with van der Waals surface area (Å²) < 4.78 is 0. The molecule has 0 atom stereocenters. The number of aliphatic carboxylic acids is 2. The van der Waals surface area contributed by atoms with Crippen LogP contribution in [0.4, 0.5) is 0 Å². The van der Waals surface area contributed by atoms with Crippen molar-refractivity contribution in [1.29, 1.82) is 0 Å². The monoisotopic (exact) mass is 350 g/mol. The molecule has 0 aliphatic heterocycles. The second-order valence-electron chi connectivity index (χ2n) is 5.90. The van der Waals surface area contributed by atoms with Crippen molar-refractivity contribution in [3.63, 3.8) is 0 Å². The molecule has 0 radical (unpaired) electrons. The van der Waals surface area contributed by atoms with E-state index in [2.05, 4.69) is 25.3 Å². The smallest absolute Gasteiger partial charge is 0.309 e. The van der Waals surface area contributed by atoms with Crippen LogP contribution in [0.3, 0.4) is 0 Å². The van der Waals surface area contributed by atoms with Gasteiger partial charge >= 0.3 is 11.9 Å². The lowest BCUT2D eigenvalue weighted by Gasteiger charge is -2.29. The van der Waals surface area contributed by atoms with Gasteiger partial charge in [0.05, 0.1) is 5.41 Å². The van der Waals surface area contributed by atoms with Crippen LogP contribution in [0.1, 0.15) is 70.6 Å². The van der Waals surface area contributed by atoms with Gasteiger partial charge in [-0.05, 0) is 50.0 Å². The summed E-state index contributed by atoms with van der Waals surface area (Å²) in [6, 6.07) is 0. The lowest BCUT2D eigenvalue weighted by Crippen LogP contribution is -2.31. The number of thiol groups is 2. The molecular weight excluding hydrogens is 320 g/mol. The zero-order valence-corrected chi connectivity index (χ0v) is 15.1. The van der Waals surface area contributed by atoms with E-state index < -0.39 is 17.4 Å². The Morgan fingerprint density at radius 2 is 1.18 bits per heavy atom. The van der Waals surface area contributed by atoms with Gasteiger partial charge in [0.15, 0.2) is 0 Å². The van der Waals surface area contributed by atoms with Gasteiger partial charge in [0.25, 0.3) is 0 Å². The third kappa shape index (κ3) is 9.62. The third-order valence-electron chi connectivity index (χ3n) is 4.13. The topological polar surface area (TPSA) is 74.6 Å². The number of hydrogen-bond acceptors (Lipinski definition) is 4. The van der Waals surface area contributed by atoms with E-state index >= 15 is 0 Å². The zero-order chi connectivity index (χ0) is 16.8. The summed E-state index contributed by atoms with van der Waals surface area (Å²) in [4.78, 5) is 22.2. The van der Waals surface area contributed by atoms with E-state index in [0.717, 1.165) is 38.5 Å². The van der Waals surface area contributed by atoms with Gasteiger partial charge in [-0.25, -0.2) is 0 Å². The standard InChI is InChI=1S/C16H30O4S2/c17-14(18)8-4-2-1-3-5-9-16(15(19)20,10-6-12-21)11-7-13-22/h21-22H,1-13H2,(H,17,18)(H,19,20). The molecule has 0 spiro atoms. The van der Waals surface area contributed by atoms with Gasteiger partial charge in [-0.15, -0.1) is 0 Å². The molecule has 2 N–H and O–H groups in total. The van der Waals surface area contributed by atoms with Crippen molar-refractivity contribution in [2.75, 3.05) is 11.5 Å². The van der Waals surface area contributed by atoms with Crippen molar-refractivity contribution in [3.8, 4) is 0 Å². The summed E-state index contributed by atoms with van der Waals surface area (Å²) in [7, 11) is 0. The van der Waals surface area contributed by atoms with Gasteiger partial charge in [-0.2, -0.15) is 25.3 Å². The van der Waals surface area contributed by atoms with E-state index in [1.54, 1.807) is 0 Å². The Hall–Kier alpha value is -0.360. The molecule has 0 bridgehead atoms. The van der Waals surface area contributed by atoms with Crippen LogP contribution in [0.15, 0.2) is 0 Å². The number of unbranched alkanes of at least 4 members (excludes halogenated alkanes) is 4. The van der Waals surface area contributed by atoms with Crippen LogP contribution < -0.4 is 0 Å². The molecule has 0 aromatic carbocycles. The second kappa shape index (κ2) is 13.1. The van der Waals surface area contributed by atoms with Gasteiger partial charge in [-0.1, -0.05) is 25.7 Å². The van der Waals surface area contributed by atoms with Gasteiger partial charge in [0, 0.05) is 6.42 Å².